The lowest BCUT2D eigenvalue weighted by atomic mass is 10.1. The van der Waals surface area contributed by atoms with Crippen molar-refractivity contribution in [3.63, 3.8) is 0 Å². The number of aliphatic carboxylic acids is 2. The highest BCUT2D eigenvalue weighted by Crippen LogP contribution is 2.15. The number of carboxylic acid groups (broad SMARTS) is 2. The van der Waals surface area contributed by atoms with Crippen molar-refractivity contribution < 1.29 is 37.7 Å². The summed E-state index contributed by atoms with van der Waals surface area (Å²) in [6.07, 6.45) is -1.77. The summed E-state index contributed by atoms with van der Waals surface area (Å²) in [6, 6.07) is 8.12. The lowest BCUT2D eigenvalue weighted by Gasteiger charge is -2.09. The van der Waals surface area contributed by atoms with Gasteiger partial charge in [-0.25, -0.2) is 4.79 Å². The summed E-state index contributed by atoms with van der Waals surface area (Å²) in [5.41, 5.74) is 1.21. The average molecular weight is 407 g/mol. The topological polar surface area (TPSA) is 95.9 Å². The maximum Gasteiger partial charge on any atom is 0.490 e. The summed E-state index contributed by atoms with van der Waals surface area (Å²) < 4.78 is 37.5. The van der Waals surface area contributed by atoms with E-state index in [1.165, 1.54) is 12.0 Å². The van der Waals surface area contributed by atoms with Crippen molar-refractivity contribution >= 4 is 11.9 Å². The Bertz CT molecular complexity index is 591. The summed E-state index contributed by atoms with van der Waals surface area (Å²) in [4.78, 5) is 19.3. The smallest absolute Gasteiger partial charge is 0.490 e. The minimum atomic E-state index is -5.08. The Hall–Kier alpha value is -2.29. The number of alkyl halides is 3. The first kappa shape index (κ1) is 25.7. The van der Waals surface area contributed by atoms with E-state index in [1.54, 1.807) is 0 Å². The second-order valence-corrected chi connectivity index (χ2v) is 6.48. The van der Waals surface area contributed by atoms with Crippen molar-refractivity contribution in [2.75, 3.05) is 19.7 Å². The molecule has 0 aliphatic rings. The van der Waals surface area contributed by atoms with Gasteiger partial charge in [0, 0.05) is 6.54 Å². The molecule has 1 rings (SSSR count). The van der Waals surface area contributed by atoms with Crippen LogP contribution in [-0.2, 0) is 16.0 Å². The van der Waals surface area contributed by atoms with Crippen LogP contribution in [0.3, 0.4) is 0 Å². The number of hydrogen-bond acceptors (Lipinski definition) is 4. The number of hydrogen-bond donors (Lipinski definition) is 3. The number of rotatable bonds is 11. The summed E-state index contributed by atoms with van der Waals surface area (Å²) >= 11 is 0. The van der Waals surface area contributed by atoms with Gasteiger partial charge in [-0.1, -0.05) is 26.0 Å². The number of carbonyl (C=O) groups is 2. The summed E-state index contributed by atoms with van der Waals surface area (Å²) in [7, 11) is 0. The van der Waals surface area contributed by atoms with Gasteiger partial charge in [0.05, 0.1) is 13.0 Å². The molecule has 28 heavy (non-hydrogen) atoms. The summed E-state index contributed by atoms with van der Waals surface area (Å²) in [6.45, 7) is 6.50. The fraction of sp³-hybridized carbons (Fsp3) is 0.579. The van der Waals surface area contributed by atoms with Gasteiger partial charge in [-0.3, -0.25) is 4.79 Å². The van der Waals surface area contributed by atoms with Crippen molar-refractivity contribution in [3.05, 3.63) is 29.8 Å². The number of benzene rings is 1. The van der Waals surface area contributed by atoms with E-state index < -0.39 is 18.1 Å². The van der Waals surface area contributed by atoms with Crippen LogP contribution in [0.2, 0.25) is 0 Å². The maximum absolute atomic E-state index is 10.6. The predicted molar refractivity (Wildman–Crippen MR) is 98.5 cm³/mol. The van der Waals surface area contributed by atoms with Gasteiger partial charge in [0.25, 0.3) is 0 Å². The quantitative estimate of drug-likeness (QED) is 0.484. The Labute approximate surface area is 162 Å². The third-order valence-corrected chi connectivity index (χ3v) is 3.44. The van der Waals surface area contributed by atoms with Gasteiger partial charge in [-0.2, -0.15) is 13.2 Å². The first-order valence-electron chi connectivity index (χ1n) is 8.96. The molecule has 0 unspecified atom stereocenters. The Kier molecular flexibility index (Phi) is 12.7. The fourth-order valence-corrected chi connectivity index (χ4v) is 2.03. The van der Waals surface area contributed by atoms with E-state index in [0.29, 0.717) is 6.54 Å². The zero-order valence-corrected chi connectivity index (χ0v) is 16.1. The van der Waals surface area contributed by atoms with E-state index >= 15 is 0 Å². The summed E-state index contributed by atoms with van der Waals surface area (Å²) in [5, 5.41) is 18.8. The van der Waals surface area contributed by atoms with Crippen LogP contribution in [0.25, 0.3) is 0 Å². The largest absolute Gasteiger partial charge is 0.494 e. The van der Waals surface area contributed by atoms with E-state index in [4.69, 9.17) is 19.7 Å². The van der Waals surface area contributed by atoms with Crippen LogP contribution in [0, 0.1) is 5.92 Å². The van der Waals surface area contributed by atoms with Crippen molar-refractivity contribution in [2.24, 2.45) is 5.92 Å². The molecule has 0 amide bonds. The van der Waals surface area contributed by atoms with Gasteiger partial charge in [0.2, 0.25) is 0 Å². The van der Waals surface area contributed by atoms with Gasteiger partial charge in [0.15, 0.2) is 0 Å². The lowest BCUT2D eigenvalue weighted by molar-refractivity contribution is -0.192. The standard InChI is InChI=1S/C17H27NO3.C2HF3O2/c1-14(2)5-4-12-21-16-7-3-6-15(13-16)8-10-18-11-9-17(19)20;3-2(4,5)1(6)7/h3,6-7,13-14,18H,4-5,8-12H2,1-2H3,(H,19,20);(H,6,7). The van der Waals surface area contributed by atoms with Gasteiger partial charge in [-0.15, -0.1) is 0 Å². The lowest BCUT2D eigenvalue weighted by Crippen LogP contribution is -2.21. The van der Waals surface area contributed by atoms with E-state index in [1.807, 2.05) is 12.1 Å². The molecule has 1 aromatic carbocycles. The third kappa shape index (κ3) is 14.8. The molecule has 0 spiro atoms. The second kappa shape index (κ2) is 13.8. The van der Waals surface area contributed by atoms with Crippen LogP contribution >= 0.6 is 0 Å². The molecule has 0 atom stereocenters. The van der Waals surface area contributed by atoms with Crippen molar-refractivity contribution in [2.45, 2.75) is 45.7 Å². The molecule has 0 bridgehead atoms. The van der Waals surface area contributed by atoms with Gasteiger partial charge in [-0.05, 0) is 49.4 Å². The molecule has 0 heterocycles. The molecule has 6 nitrogen and oxygen atoms in total. The highest BCUT2D eigenvalue weighted by molar-refractivity contribution is 5.73. The first-order valence-corrected chi connectivity index (χ1v) is 8.96. The highest BCUT2D eigenvalue weighted by atomic mass is 19.4. The summed E-state index contributed by atoms with van der Waals surface area (Å²) in [5.74, 6) is -1.88. The van der Waals surface area contributed by atoms with E-state index in [0.717, 1.165) is 37.7 Å². The maximum atomic E-state index is 10.6. The Morgan fingerprint density at radius 3 is 2.36 bits per heavy atom. The molecule has 9 heteroatoms. The molecule has 0 saturated carbocycles. The molecule has 160 valence electrons. The molecule has 3 N–H and O–H groups in total. The highest BCUT2D eigenvalue weighted by Gasteiger charge is 2.38. The molecular weight excluding hydrogens is 379 g/mol. The molecule has 0 fully saturated rings. The number of carboxylic acids is 2. The Balaban J connectivity index is 0.000000887. The van der Waals surface area contributed by atoms with Crippen LogP contribution in [0.4, 0.5) is 13.2 Å². The molecule has 1 aromatic rings. The van der Waals surface area contributed by atoms with Gasteiger partial charge < -0.3 is 20.3 Å². The van der Waals surface area contributed by atoms with Crippen molar-refractivity contribution in [1.29, 1.82) is 0 Å². The third-order valence-electron chi connectivity index (χ3n) is 3.44. The zero-order chi connectivity index (χ0) is 21.6. The number of ether oxygens (including phenoxy) is 1. The van der Waals surface area contributed by atoms with E-state index in [-0.39, 0.29) is 6.42 Å². The predicted octanol–water partition coefficient (Wildman–Crippen LogP) is 3.74. The minimum Gasteiger partial charge on any atom is -0.494 e. The van der Waals surface area contributed by atoms with E-state index in [2.05, 4.69) is 31.3 Å². The molecule has 0 saturated heterocycles. The fourth-order valence-electron chi connectivity index (χ4n) is 2.03. The molecule has 0 radical (unpaired) electrons. The normalized spacial score (nSPS) is 10.9. The van der Waals surface area contributed by atoms with Crippen LogP contribution in [-0.4, -0.2) is 48.0 Å². The van der Waals surface area contributed by atoms with Crippen LogP contribution in [0.5, 0.6) is 5.75 Å². The molecule has 0 aliphatic heterocycles. The zero-order valence-electron chi connectivity index (χ0n) is 16.1. The molecular formula is C19H28F3NO5. The first-order chi connectivity index (χ1) is 13.0. The van der Waals surface area contributed by atoms with Crippen molar-refractivity contribution in [3.8, 4) is 5.75 Å². The minimum absolute atomic E-state index is 0.166. The van der Waals surface area contributed by atoms with Crippen molar-refractivity contribution in [1.82, 2.24) is 5.32 Å². The SMILES string of the molecule is CC(C)CCCOc1cccc(CCNCCC(=O)O)c1.O=C(O)C(F)(F)F. The number of nitrogens with one attached hydrogen (secondary N) is 1. The monoisotopic (exact) mass is 407 g/mol. The van der Waals surface area contributed by atoms with Crippen LogP contribution in [0.15, 0.2) is 24.3 Å². The Morgan fingerprint density at radius 2 is 1.82 bits per heavy atom. The second-order valence-electron chi connectivity index (χ2n) is 6.48. The Morgan fingerprint density at radius 1 is 1.18 bits per heavy atom. The van der Waals surface area contributed by atoms with Gasteiger partial charge in [0.1, 0.15) is 5.75 Å². The van der Waals surface area contributed by atoms with E-state index in [9.17, 15) is 18.0 Å². The van der Waals surface area contributed by atoms with Crippen LogP contribution in [0.1, 0.15) is 38.7 Å². The molecule has 0 aliphatic carbocycles. The molecule has 0 aromatic heterocycles. The van der Waals surface area contributed by atoms with Crippen LogP contribution < -0.4 is 10.1 Å². The van der Waals surface area contributed by atoms with Gasteiger partial charge >= 0.3 is 18.1 Å². The number of halogens is 3. The average Bonchev–Trinajstić information content (AvgIpc) is 2.58.